The van der Waals surface area contributed by atoms with Gasteiger partial charge in [0.1, 0.15) is 0 Å². The second-order valence-electron chi connectivity index (χ2n) is 4.06. The highest BCUT2D eigenvalue weighted by molar-refractivity contribution is 6.01. The summed E-state index contributed by atoms with van der Waals surface area (Å²) >= 11 is 0. The van der Waals surface area contributed by atoms with Gasteiger partial charge in [-0.05, 0) is 12.5 Å². The van der Waals surface area contributed by atoms with E-state index in [2.05, 4.69) is 0 Å². The Morgan fingerprint density at radius 3 is 2.89 bits per heavy atom. The number of para-hydroxylation sites is 1. The summed E-state index contributed by atoms with van der Waals surface area (Å²) in [5.74, 6) is 0. The molecule has 0 radical (unpaired) electrons. The van der Waals surface area contributed by atoms with Crippen LogP contribution in [0.3, 0.4) is 0 Å². The van der Waals surface area contributed by atoms with E-state index in [9.17, 15) is 9.59 Å². The number of ether oxygens (including phenoxy) is 1. The van der Waals surface area contributed by atoms with E-state index in [4.69, 9.17) is 4.74 Å². The Balaban J connectivity index is 2.33. The van der Waals surface area contributed by atoms with Crippen LogP contribution in [0.2, 0.25) is 0 Å². The fraction of sp³-hybridized carbons (Fsp3) is 0.286. The molecule has 2 rings (SSSR count). The van der Waals surface area contributed by atoms with Gasteiger partial charge in [-0.25, -0.2) is 4.79 Å². The number of nitrogens with zero attached hydrogens (tertiary/aromatic N) is 1. The first kappa shape index (κ1) is 12.4. The Labute approximate surface area is 105 Å². The largest absolute Gasteiger partial charge is 0.449 e. The second kappa shape index (κ2) is 5.49. The van der Waals surface area contributed by atoms with Gasteiger partial charge in [0.15, 0.2) is 6.29 Å². The van der Waals surface area contributed by atoms with Crippen LogP contribution in [0, 0.1) is 0 Å². The number of unbranched alkanes of at least 4 members (excludes halogenated alkanes) is 1. The molecular formula is C14H15NO3. The van der Waals surface area contributed by atoms with Crippen LogP contribution in [0.1, 0.15) is 30.1 Å². The van der Waals surface area contributed by atoms with E-state index in [1.807, 2.05) is 25.1 Å². The minimum absolute atomic E-state index is 0.401. The van der Waals surface area contributed by atoms with Crippen molar-refractivity contribution >= 4 is 23.3 Å². The van der Waals surface area contributed by atoms with Crippen molar-refractivity contribution in [3.63, 3.8) is 0 Å². The molecule has 0 atom stereocenters. The van der Waals surface area contributed by atoms with Crippen molar-refractivity contribution in [3.8, 4) is 0 Å². The Morgan fingerprint density at radius 1 is 1.39 bits per heavy atom. The maximum Gasteiger partial charge on any atom is 0.418 e. The molecule has 0 saturated carbocycles. The minimum atomic E-state index is -0.437. The minimum Gasteiger partial charge on any atom is -0.449 e. The lowest BCUT2D eigenvalue weighted by Gasteiger charge is -2.05. The van der Waals surface area contributed by atoms with Gasteiger partial charge in [-0.1, -0.05) is 31.5 Å². The number of hydrogen-bond acceptors (Lipinski definition) is 3. The molecule has 0 fully saturated rings. The average molecular weight is 245 g/mol. The van der Waals surface area contributed by atoms with Crippen LogP contribution in [0.15, 0.2) is 30.5 Å². The fourth-order valence-corrected chi connectivity index (χ4v) is 1.82. The van der Waals surface area contributed by atoms with Gasteiger partial charge in [-0.3, -0.25) is 9.36 Å². The van der Waals surface area contributed by atoms with Crippen LogP contribution < -0.4 is 0 Å². The van der Waals surface area contributed by atoms with Gasteiger partial charge < -0.3 is 4.74 Å². The van der Waals surface area contributed by atoms with E-state index in [1.165, 1.54) is 10.8 Å². The van der Waals surface area contributed by atoms with Crippen molar-refractivity contribution in [2.24, 2.45) is 0 Å². The highest BCUT2D eigenvalue weighted by Crippen LogP contribution is 2.20. The number of aldehydes is 1. The molecule has 18 heavy (non-hydrogen) atoms. The first-order valence-electron chi connectivity index (χ1n) is 6.00. The zero-order valence-electron chi connectivity index (χ0n) is 10.3. The van der Waals surface area contributed by atoms with Crippen molar-refractivity contribution in [3.05, 3.63) is 36.0 Å². The molecule has 0 saturated heterocycles. The zero-order valence-corrected chi connectivity index (χ0v) is 10.3. The normalized spacial score (nSPS) is 10.5. The molecule has 94 valence electrons. The van der Waals surface area contributed by atoms with Gasteiger partial charge in [0, 0.05) is 17.1 Å². The fourth-order valence-electron chi connectivity index (χ4n) is 1.82. The molecule has 0 unspecified atom stereocenters. The van der Waals surface area contributed by atoms with Crippen molar-refractivity contribution in [1.29, 1.82) is 0 Å². The molecule has 4 heteroatoms. The number of carbonyl (C=O) groups is 2. The third-order valence-corrected chi connectivity index (χ3v) is 2.79. The number of hydrogen-bond donors (Lipinski definition) is 0. The predicted octanol–water partition coefficient (Wildman–Crippen LogP) is 3.24. The van der Waals surface area contributed by atoms with Crippen LogP contribution in [-0.4, -0.2) is 23.6 Å². The van der Waals surface area contributed by atoms with Crippen LogP contribution in [0.25, 0.3) is 10.9 Å². The molecule has 0 spiro atoms. The Kier molecular flexibility index (Phi) is 3.77. The van der Waals surface area contributed by atoms with Crippen molar-refractivity contribution < 1.29 is 14.3 Å². The van der Waals surface area contributed by atoms with Crippen LogP contribution in [-0.2, 0) is 4.74 Å². The summed E-state index contributed by atoms with van der Waals surface area (Å²) in [6, 6.07) is 7.27. The first-order chi connectivity index (χ1) is 8.77. The van der Waals surface area contributed by atoms with Gasteiger partial charge >= 0.3 is 6.09 Å². The van der Waals surface area contributed by atoms with E-state index in [0.29, 0.717) is 17.7 Å². The molecule has 0 aliphatic heterocycles. The van der Waals surface area contributed by atoms with E-state index in [0.717, 1.165) is 24.5 Å². The summed E-state index contributed by atoms with van der Waals surface area (Å²) in [4.78, 5) is 22.8. The molecule has 4 nitrogen and oxygen atoms in total. The Morgan fingerprint density at radius 2 is 2.17 bits per heavy atom. The van der Waals surface area contributed by atoms with Gasteiger partial charge in [-0.2, -0.15) is 0 Å². The maximum atomic E-state index is 11.9. The van der Waals surface area contributed by atoms with Crippen LogP contribution >= 0.6 is 0 Å². The van der Waals surface area contributed by atoms with Crippen molar-refractivity contribution in [2.45, 2.75) is 19.8 Å². The topological polar surface area (TPSA) is 48.3 Å². The summed E-state index contributed by atoms with van der Waals surface area (Å²) in [6.45, 7) is 2.43. The van der Waals surface area contributed by atoms with Crippen LogP contribution in [0.4, 0.5) is 4.79 Å². The van der Waals surface area contributed by atoms with Gasteiger partial charge in [-0.15, -0.1) is 0 Å². The lowest BCUT2D eigenvalue weighted by Crippen LogP contribution is -2.13. The average Bonchev–Trinajstić information content (AvgIpc) is 2.78. The summed E-state index contributed by atoms with van der Waals surface area (Å²) in [5, 5.41) is 0.764. The third-order valence-electron chi connectivity index (χ3n) is 2.79. The Hall–Kier alpha value is -2.10. The smallest absolute Gasteiger partial charge is 0.418 e. The molecule has 0 amide bonds. The molecule has 1 aromatic carbocycles. The lowest BCUT2D eigenvalue weighted by molar-refractivity contribution is 0.112. The van der Waals surface area contributed by atoms with Crippen molar-refractivity contribution in [2.75, 3.05) is 6.61 Å². The summed E-state index contributed by atoms with van der Waals surface area (Å²) in [6.07, 6.45) is 3.64. The molecule has 1 aromatic heterocycles. The van der Waals surface area contributed by atoms with Gasteiger partial charge in [0.2, 0.25) is 0 Å². The Bertz CT molecular complexity index is 571. The highest BCUT2D eigenvalue weighted by atomic mass is 16.5. The monoisotopic (exact) mass is 245 g/mol. The second-order valence-corrected chi connectivity index (χ2v) is 4.06. The molecule has 1 heterocycles. The SMILES string of the molecule is CCCCOC(=O)n1cc(C=O)c2ccccc21. The van der Waals surface area contributed by atoms with Gasteiger partial charge in [0.25, 0.3) is 0 Å². The molecule has 0 aliphatic carbocycles. The molecule has 2 aromatic rings. The lowest BCUT2D eigenvalue weighted by atomic mass is 10.2. The van der Waals surface area contributed by atoms with E-state index >= 15 is 0 Å². The molecular weight excluding hydrogens is 230 g/mol. The number of aromatic nitrogens is 1. The number of rotatable bonds is 4. The summed E-state index contributed by atoms with van der Waals surface area (Å²) in [5.41, 5.74) is 1.19. The standard InChI is InChI=1S/C14H15NO3/c1-2-3-8-18-14(17)15-9-11(10-16)12-6-4-5-7-13(12)15/h4-7,9-10H,2-3,8H2,1H3. The molecule has 0 aliphatic rings. The summed E-state index contributed by atoms with van der Waals surface area (Å²) in [7, 11) is 0. The number of fused-ring (bicyclic) bond motifs is 1. The molecule has 0 N–H and O–H groups in total. The van der Waals surface area contributed by atoms with Gasteiger partial charge in [0.05, 0.1) is 12.1 Å². The van der Waals surface area contributed by atoms with E-state index in [-0.39, 0.29) is 0 Å². The van der Waals surface area contributed by atoms with E-state index < -0.39 is 6.09 Å². The number of carbonyl (C=O) groups excluding carboxylic acids is 2. The maximum absolute atomic E-state index is 11.9. The first-order valence-corrected chi connectivity index (χ1v) is 6.00. The predicted molar refractivity (Wildman–Crippen MR) is 69.0 cm³/mol. The summed E-state index contributed by atoms with van der Waals surface area (Å²) < 4.78 is 6.53. The van der Waals surface area contributed by atoms with Crippen molar-refractivity contribution in [1.82, 2.24) is 4.57 Å². The highest BCUT2D eigenvalue weighted by Gasteiger charge is 2.13. The number of benzene rings is 1. The van der Waals surface area contributed by atoms with E-state index in [1.54, 1.807) is 6.07 Å². The molecule has 0 bridgehead atoms. The quantitative estimate of drug-likeness (QED) is 0.613. The zero-order chi connectivity index (χ0) is 13.0. The van der Waals surface area contributed by atoms with Crippen LogP contribution in [0.5, 0.6) is 0 Å². The third kappa shape index (κ3) is 2.27.